The van der Waals surface area contributed by atoms with E-state index in [-0.39, 0.29) is 37.0 Å². The van der Waals surface area contributed by atoms with E-state index in [1.54, 1.807) is 27.7 Å². The maximum atomic E-state index is 13.9. The summed E-state index contributed by atoms with van der Waals surface area (Å²) in [5, 5.41) is 12.4. The minimum Gasteiger partial charge on any atom is -0.478 e. The second-order valence-electron chi connectivity index (χ2n) is 11.6. The summed E-state index contributed by atoms with van der Waals surface area (Å²) in [7, 11) is 0. The van der Waals surface area contributed by atoms with Gasteiger partial charge in [-0.2, -0.15) is 0 Å². The zero-order valence-electron chi connectivity index (χ0n) is 24.2. The number of ether oxygens (including phenoxy) is 3. The predicted octanol–water partition coefficient (Wildman–Crippen LogP) is 5.72. The molecule has 222 valence electrons. The Balaban J connectivity index is 1.40. The second-order valence-corrected chi connectivity index (χ2v) is 11.6. The van der Waals surface area contributed by atoms with Gasteiger partial charge in [0.1, 0.15) is 29.3 Å². The predicted molar refractivity (Wildman–Crippen MR) is 153 cm³/mol. The molecule has 1 aromatic heterocycles. The smallest absolute Gasteiger partial charge is 0.410 e. The number of rotatable bonds is 7. The van der Waals surface area contributed by atoms with Crippen LogP contribution in [0.25, 0.3) is 11.1 Å². The first kappa shape index (κ1) is 29.2. The van der Waals surface area contributed by atoms with Crippen molar-refractivity contribution in [2.24, 2.45) is 0 Å². The molecule has 1 aliphatic carbocycles. The summed E-state index contributed by atoms with van der Waals surface area (Å²) >= 11 is 0. The van der Waals surface area contributed by atoms with Gasteiger partial charge < -0.3 is 29.1 Å². The van der Waals surface area contributed by atoms with Crippen molar-refractivity contribution in [3.8, 4) is 11.1 Å². The van der Waals surface area contributed by atoms with Crippen molar-refractivity contribution >= 4 is 18.2 Å². The van der Waals surface area contributed by atoms with E-state index < -0.39 is 35.8 Å². The molecule has 2 N–H and O–H groups in total. The molecule has 1 fully saturated rings. The lowest BCUT2D eigenvalue weighted by atomic mass is 9.98. The summed E-state index contributed by atoms with van der Waals surface area (Å²) in [5.74, 6) is -0.731. The number of furan rings is 1. The summed E-state index contributed by atoms with van der Waals surface area (Å²) in [6.45, 7) is 7.44. The highest BCUT2D eigenvalue weighted by molar-refractivity contribution is 5.88. The van der Waals surface area contributed by atoms with E-state index >= 15 is 0 Å². The summed E-state index contributed by atoms with van der Waals surface area (Å²) in [6, 6.07) is 16.4. The topological polar surface area (TPSA) is 128 Å². The van der Waals surface area contributed by atoms with Gasteiger partial charge in [0.15, 0.2) is 0 Å². The van der Waals surface area contributed by atoms with E-state index in [4.69, 9.17) is 18.6 Å². The number of nitrogens with zero attached hydrogens (tertiary/aromatic N) is 1. The van der Waals surface area contributed by atoms with Gasteiger partial charge in [0.2, 0.25) is 0 Å². The van der Waals surface area contributed by atoms with Crippen LogP contribution in [-0.4, -0.2) is 65.7 Å². The molecular formula is C32H36N2O8. The summed E-state index contributed by atoms with van der Waals surface area (Å²) in [5.41, 5.74) is 3.71. The number of amides is 2. The van der Waals surface area contributed by atoms with Crippen LogP contribution < -0.4 is 5.32 Å². The van der Waals surface area contributed by atoms with Crippen LogP contribution in [0, 0.1) is 6.92 Å². The molecule has 10 heteroatoms. The lowest BCUT2D eigenvalue weighted by molar-refractivity contribution is -0.00847. The molecular weight excluding hydrogens is 540 g/mol. The van der Waals surface area contributed by atoms with Gasteiger partial charge in [-0.25, -0.2) is 14.4 Å². The van der Waals surface area contributed by atoms with E-state index in [9.17, 15) is 19.5 Å². The third-order valence-corrected chi connectivity index (χ3v) is 7.52. The number of alkyl carbamates (subject to hydrolysis) is 1. The standard InChI is InChI=1S/C32H36N2O8/c1-19-25(29(35)36)15-20(41-19)16-34(28-13-14-39-18-27(28)33-30(37)42-32(2,3)4)31(38)40-17-26-23-11-7-5-9-21(23)22-10-6-8-12-24(22)26/h5-12,15,26-28H,13-14,16-18H2,1-4H3,(H,33,37)(H,35,36)/t27-,28+/m1/s1. The first-order valence-electron chi connectivity index (χ1n) is 14.0. The summed E-state index contributed by atoms with van der Waals surface area (Å²) in [6.07, 6.45) is -0.820. The van der Waals surface area contributed by atoms with E-state index in [1.807, 2.05) is 36.4 Å². The Morgan fingerprint density at radius 1 is 1.05 bits per heavy atom. The molecule has 0 spiro atoms. The number of carboxylic acid groups (broad SMARTS) is 1. The monoisotopic (exact) mass is 576 g/mol. The minimum absolute atomic E-state index is 0.0212. The summed E-state index contributed by atoms with van der Waals surface area (Å²) in [4.78, 5) is 39.7. The molecule has 0 radical (unpaired) electrons. The van der Waals surface area contributed by atoms with E-state index in [0.717, 1.165) is 22.3 Å². The number of carbonyl (C=O) groups is 3. The van der Waals surface area contributed by atoms with E-state index in [1.165, 1.54) is 11.0 Å². The first-order chi connectivity index (χ1) is 20.0. The molecule has 2 amide bonds. The number of benzene rings is 2. The molecule has 2 aliphatic rings. The average molecular weight is 577 g/mol. The molecule has 2 atom stereocenters. The van der Waals surface area contributed by atoms with Gasteiger partial charge in [0, 0.05) is 12.5 Å². The van der Waals surface area contributed by atoms with Crippen LogP contribution in [0.2, 0.25) is 0 Å². The number of carboxylic acids is 1. The zero-order valence-corrected chi connectivity index (χ0v) is 24.2. The number of hydrogen-bond acceptors (Lipinski definition) is 7. The molecule has 5 rings (SSSR count). The molecule has 10 nitrogen and oxygen atoms in total. The van der Waals surface area contributed by atoms with Gasteiger partial charge in [-0.05, 0) is 62.4 Å². The average Bonchev–Trinajstić information content (AvgIpc) is 3.47. The lowest BCUT2D eigenvalue weighted by Crippen LogP contribution is -2.58. The molecule has 42 heavy (non-hydrogen) atoms. The minimum atomic E-state index is -1.12. The van der Waals surface area contributed by atoms with Crippen LogP contribution in [0.1, 0.15) is 66.1 Å². The van der Waals surface area contributed by atoms with Gasteiger partial charge in [-0.15, -0.1) is 0 Å². The van der Waals surface area contributed by atoms with Crippen LogP contribution in [-0.2, 0) is 20.8 Å². The zero-order chi connectivity index (χ0) is 30.0. The Labute approximate surface area is 244 Å². The third-order valence-electron chi connectivity index (χ3n) is 7.52. The SMILES string of the molecule is Cc1oc(CN(C(=O)OCC2c3ccccc3-c3ccccc32)[C@H]2CCOC[C@H]2NC(=O)OC(C)(C)C)cc1C(=O)O. The van der Waals surface area contributed by atoms with Crippen molar-refractivity contribution < 1.29 is 38.1 Å². The Morgan fingerprint density at radius 3 is 2.29 bits per heavy atom. The number of aromatic carboxylic acids is 1. The van der Waals surface area contributed by atoms with Crippen molar-refractivity contribution in [2.75, 3.05) is 19.8 Å². The first-order valence-corrected chi connectivity index (χ1v) is 14.0. The van der Waals surface area contributed by atoms with Crippen LogP contribution in [0.4, 0.5) is 9.59 Å². The molecule has 1 aliphatic heterocycles. The molecule has 2 aromatic carbocycles. The second kappa shape index (κ2) is 11.9. The third kappa shape index (κ3) is 6.28. The fraction of sp³-hybridized carbons (Fsp3) is 0.406. The number of hydrogen-bond donors (Lipinski definition) is 2. The number of carbonyl (C=O) groups excluding carboxylic acids is 2. The number of aryl methyl sites for hydroxylation is 1. The molecule has 1 saturated heterocycles. The van der Waals surface area contributed by atoms with Crippen molar-refractivity contribution in [1.82, 2.24) is 10.2 Å². The van der Waals surface area contributed by atoms with Crippen molar-refractivity contribution in [2.45, 2.75) is 64.3 Å². The molecule has 0 unspecified atom stereocenters. The maximum absolute atomic E-state index is 13.9. The normalized spacial score (nSPS) is 18.1. The van der Waals surface area contributed by atoms with Gasteiger partial charge in [0.25, 0.3) is 0 Å². The van der Waals surface area contributed by atoms with Gasteiger partial charge in [0.05, 0.1) is 25.2 Å². The molecule has 0 bridgehead atoms. The fourth-order valence-electron chi connectivity index (χ4n) is 5.69. The number of nitrogens with one attached hydrogen (secondary N) is 1. The quantitative estimate of drug-likeness (QED) is 0.366. The van der Waals surface area contributed by atoms with E-state index in [2.05, 4.69) is 17.4 Å². The highest BCUT2D eigenvalue weighted by Crippen LogP contribution is 2.44. The molecule has 2 heterocycles. The lowest BCUT2D eigenvalue weighted by Gasteiger charge is -2.39. The van der Waals surface area contributed by atoms with Crippen LogP contribution in [0.3, 0.4) is 0 Å². The highest BCUT2D eigenvalue weighted by Gasteiger charge is 2.38. The van der Waals surface area contributed by atoms with Gasteiger partial charge in [-0.1, -0.05) is 48.5 Å². The Hall–Kier alpha value is -4.31. The van der Waals surface area contributed by atoms with Crippen molar-refractivity contribution in [3.05, 3.63) is 82.8 Å². The Morgan fingerprint density at radius 2 is 1.69 bits per heavy atom. The molecule has 0 saturated carbocycles. The Bertz CT molecular complexity index is 1430. The largest absolute Gasteiger partial charge is 0.478 e. The van der Waals surface area contributed by atoms with Crippen molar-refractivity contribution in [3.63, 3.8) is 0 Å². The molecule has 3 aromatic rings. The van der Waals surface area contributed by atoms with Gasteiger partial charge >= 0.3 is 18.2 Å². The number of fused-ring (bicyclic) bond motifs is 3. The van der Waals surface area contributed by atoms with Crippen LogP contribution in [0.15, 0.2) is 59.0 Å². The van der Waals surface area contributed by atoms with Gasteiger partial charge in [-0.3, -0.25) is 4.90 Å². The fourth-order valence-corrected chi connectivity index (χ4v) is 5.69. The van der Waals surface area contributed by atoms with Crippen molar-refractivity contribution in [1.29, 1.82) is 0 Å². The summed E-state index contributed by atoms with van der Waals surface area (Å²) < 4.78 is 22.8. The maximum Gasteiger partial charge on any atom is 0.410 e. The van der Waals surface area contributed by atoms with Crippen LogP contribution in [0.5, 0.6) is 0 Å². The highest BCUT2D eigenvalue weighted by atomic mass is 16.6. The van der Waals surface area contributed by atoms with Crippen LogP contribution >= 0.6 is 0 Å². The Kier molecular flexibility index (Phi) is 8.27. The van der Waals surface area contributed by atoms with E-state index in [0.29, 0.717) is 18.8 Å².